The van der Waals surface area contributed by atoms with Crippen LogP contribution in [0, 0.1) is 5.92 Å². The highest BCUT2D eigenvalue weighted by molar-refractivity contribution is 9.10. The fourth-order valence-corrected chi connectivity index (χ4v) is 2.70. The van der Waals surface area contributed by atoms with Crippen LogP contribution in [0.5, 0.6) is 0 Å². The zero-order valence-electron chi connectivity index (χ0n) is 9.60. The molecule has 17 heavy (non-hydrogen) atoms. The minimum Gasteiger partial charge on any atom is -0.381 e. The Bertz CT molecular complexity index is 517. The number of nitrogens with zero attached hydrogens (tertiary/aromatic N) is 2. The van der Waals surface area contributed by atoms with Crippen molar-refractivity contribution >= 4 is 21.6 Å². The molecule has 0 amide bonds. The largest absolute Gasteiger partial charge is 0.381 e. The molecule has 90 valence electrons. The number of aromatic nitrogens is 2. The van der Waals surface area contributed by atoms with Crippen molar-refractivity contribution < 1.29 is 4.74 Å². The maximum Gasteiger partial charge on any atom is 0.138 e. The molecule has 0 spiro atoms. The first kappa shape index (κ1) is 11.2. The number of rotatable bonds is 2. The number of ether oxygens (including phenoxy) is 1. The highest BCUT2D eigenvalue weighted by Gasteiger charge is 2.15. The predicted octanol–water partition coefficient (Wildman–Crippen LogP) is 3.07. The average Bonchev–Trinajstić information content (AvgIpc) is 2.71. The van der Waals surface area contributed by atoms with E-state index in [1.807, 2.05) is 18.3 Å². The summed E-state index contributed by atoms with van der Waals surface area (Å²) < 4.78 is 8.65. The van der Waals surface area contributed by atoms with E-state index in [9.17, 15) is 0 Å². The minimum absolute atomic E-state index is 0.636. The van der Waals surface area contributed by atoms with Crippen LogP contribution in [-0.4, -0.2) is 22.6 Å². The van der Waals surface area contributed by atoms with Crippen LogP contribution < -0.4 is 0 Å². The van der Waals surface area contributed by atoms with Crippen molar-refractivity contribution in [2.45, 2.75) is 19.3 Å². The van der Waals surface area contributed by atoms with E-state index in [1.54, 1.807) is 0 Å². The molecule has 1 unspecified atom stereocenters. The van der Waals surface area contributed by atoms with Crippen LogP contribution in [0.15, 0.2) is 29.0 Å². The number of hydrogen-bond donors (Lipinski definition) is 0. The third kappa shape index (κ3) is 2.53. The standard InChI is InChI=1S/C13H15BrN2O/c14-11-3-4-16-8-12(15-13(16)7-11)6-10-2-1-5-17-9-10/h3-4,7-8,10H,1-2,5-6,9H2. The lowest BCUT2D eigenvalue weighted by atomic mass is 9.97. The molecule has 0 bridgehead atoms. The van der Waals surface area contributed by atoms with Crippen molar-refractivity contribution in [2.75, 3.05) is 13.2 Å². The Morgan fingerprint density at radius 1 is 1.53 bits per heavy atom. The molecular weight excluding hydrogens is 280 g/mol. The summed E-state index contributed by atoms with van der Waals surface area (Å²) >= 11 is 3.47. The smallest absolute Gasteiger partial charge is 0.138 e. The molecule has 1 saturated heterocycles. The van der Waals surface area contributed by atoms with Gasteiger partial charge in [0.05, 0.1) is 5.69 Å². The van der Waals surface area contributed by atoms with Gasteiger partial charge < -0.3 is 9.14 Å². The zero-order chi connectivity index (χ0) is 11.7. The Morgan fingerprint density at radius 2 is 2.47 bits per heavy atom. The summed E-state index contributed by atoms with van der Waals surface area (Å²) in [5.41, 5.74) is 2.17. The zero-order valence-corrected chi connectivity index (χ0v) is 11.2. The summed E-state index contributed by atoms with van der Waals surface area (Å²) in [6.07, 6.45) is 7.63. The van der Waals surface area contributed by atoms with Crippen LogP contribution >= 0.6 is 15.9 Å². The van der Waals surface area contributed by atoms with Gasteiger partial charge in [-0.15, -0.1) is 0 Å². The van der Waals surface area contributed by atoms with Crippen LogP contribution in [0.25, 0.3) is 5.65 Å². The topological polar surface area (TPSA) is 26.5 Å². The van der Waals surface area contributed by atoms with Gasteiger partial charge in [-0.05, 0) is 37.3 Å². The normalized spacial score (nSPS) is 20.9. The second-order valence-corrected chi connectivity index (χ2v) is 5.55. The van der Waals surface area contributed by atoms with Gasteiger partial charge in [-0.1, -0.05) is 15.9 Å². The van der Waals surface area contributed by atoms with E-state index in [0.29, 0.717) is 5.92 Å². The minimum atomic E-state index is 0.636. The first-order chi connectivity index (χ1) is 8.31. The monoisotopic (exact) mass is 294 g/mol. The maximum atomic E-state index is 5.51. The van der Waals surface area contributed by atoms with Gasteiger partial charge in [0.2, 0.25) is 0 Å². The average molecular weight is 295 g/mol. The van der Waals surface area contributed by atoms with Crippen molar-refractivity contribution in [3.63, 3.8) is 0 Å². The van der Waals surface area contributed by atoms with Gasteiger partial charge in [0.25, 0.3) is 0 Å². The summed E-state index contributed by atoms with van der Waals surface area (Å²) in [5, 5.41) is 0. The number of halogens is 1. The third-order valence-corrected chi connectivity index (χ3v) is 3.72. The van der Waals surface area contributed by atoms with E-state index >= 15 is 0 Å². The number of imidazole rings is 1. The van der Waals surface area contributed by atoms with Gasteiger partial charge in [0.1, 0.15) is 5.65 Å². The van der Waals surface area contributed by atoms with Crippen LogP contribution in [0.4, 0.5) is 0 Å². The van der Waals surface area contributed by atoms with Crippen LogP contribution in [0.2, 0.25) is 0 Å². The number of hydrogen-bond acceptors (Lipinski definition) is 2. The summed E-state index contributed by atoms with van der Waals surface area (Å²) in [4.78, 5) is 4.65. The highest BCUT2D eigenvalue weighted by atomic mass is 79.9. The molecule has 3 rings (SSSR count). The predicted molar refractivity (Wildman–Crippen MR) is 70.1 cm³/mol. The molecule has 0 aliphatic carbocycles. The molecule has 0 N–H and O–H groups in total. The molecule has 1 aliphatic rings. The highest BCUT2D eigenvalue weighted by Crippen LogP contribution is 2.19. The van der Waals surface area contributed by atoms with Crippen molar-refractivity contribution in [3.8, 4) is 0 Å². The van der Waals surface area contributed by atoms with Gasteiger partial charge in [0.15, 0.2) is 0 Å². The van der Waals surface area contributed by atoms with E-state index in [2.05, 4.69) is 31.5 Å². The van der Waals surface area contributed by atoms with Crippen molar-refractivity contribution in [3.05, 3.63) is 34.7 Å². The first-order valence-corrected chi connectivity index (χ1v) is 6.81. The summed E-state index contributed by atoms with van der Waals surface area (Å²) in [5.74, 6) is 0.636. The summed E-state index contributed by atoms with van der Waals surface area (Å²) in [7, 11) is 0. The quantitative estimate of drug-likeness (QED) is 0.851. The van der Waals surface area contributed by atoms with Gasteiger partial charge in [-0.2, -0.15) is 0 Å². The molecule has 1 atom stereocenters. The van der Waals surface area contributed by atoms with Gasteiger partial charge >= 0.3 is 0 Å². The Morgan fingerprint density at radius 3 is 3.29 bits per heavy atom. The van der Waals surface area contributed by atoms with Crippen molar-refractivity contribution in [2.24, 2.45) is 5.92 Å². The van der Waals surface area contributed by atoms with Crippen molar-refractivity contribution in [1.29, 1.82) is 0 Å². The van der Waals surface area contributed by atoms with E-state index < -0.39 is 0 Å². The Balaban J connectivity index is 1.80. The molecule has 0 aromatic carbocycles. The summed E-state index contributed by atoms with van der Waals surface area (Å²) in [6.45, 7) is 1.81. The van der Waals surface area contributed by atoms with Gasteiger partial charge in [-0.3, -0.25) is 0 Å². The number of pyridine rings is 1. The second kappa shape index (κ2) is 4.78. The molecule has 0 radical (unpaired) electrons. The maximum absolute atomic E-state index is 5.51. The lowest BCUT2D eigenvalue weighted by Gasteiger charge is -2.20. The molecule has 3 heterocycles. The van der Waals surface area contributed by atoms with Crippen LogP contribution in [-0.2, 0) is 11.2 Å². The molecule has 2 aromatic heterocycles. The van der Waals surface area contributed by atoms with Crippen molar-refractivity contribution in [1.82, 2.24) is 9.38 Å². The molecule has 1 fully saturated rings. The molecule has 2 aromatic rings. The molecular formula is C13H15BrN2O. The Hall–Kier alpha value is -0.870. The van der Waals surface area contributed by atoms with E-state index in [-0.39, 0.29) is 0 Å². The number of fused-ring (bicyclic) bond motifs is 1. The van der Waals surface area contributed by atoms with E-state index in [0.717, 1.165) is 29.8 Å². The Labute approximate surface area is 109 Å². The Kier molecular flexibility index (Phi) is 3.16. The molecule has 3 nitrogen and oxygen atoms in total. The SMILES string of the molecule is Brc1ccn2cc(CC3CCCOC3)nc2c1. The van der Waals surface area contributed by atoms with Crippen LogP contribution in [0.1, 0.15) is 18.5 Å². The molecule has 4 heteroatoms. The fraction of sp³-hybridized carbons (Fsp3) is 0.462. The second-order valence-electron chi connectivity index (χ2n) is 4.63. The lowest BCUT2D eigenvalue weighted by molar-refractivity contribution is 0.0547. The molecule has 0 saturated carbocycles. The third-order valence-electron chi connectivity index (χ3n) is 3.22. The van der Waals surface area contributed by atoms with E-state index in [4.69, 9.17) is 4.74 Å². The fourth-order valence-electron chi connectivity index (χ4n) is 2.37. The van der Waals surface area contributed by atoms with Crippen LogP contribution in [0.3, 0.4) is 0 Å². The van der Waals surface area contributed by atoms with Gasteiger partial charge in [-0.25, -0.2) is 4.98 Å². The first-order valence-electron chi connectivity index (χ1n) is 6.02. The summed E-state index contributed by atoms with van der Waals surface area (Å²) in [6, 6.07) is 4.07. The molecule has 1 aliphatic heterocycles. The lowest BCUT2D eigenvalue weighted by Crippen LogP contribution is -2.19. The van der Waals surface area contributed by atoms with E-state index in [1.165, 1.54) is 18.5 Å². The van der Waals surface area contributed by atoms with Gasteiger partial charge in [0, 0.05) is 30.1 Å².